The molecule has 0 aliphatic rings. The number of nitrogens with one attached hydrogen (secondary N) is 1. The molecule has 0 fully saturated rings. The molecule has 2 aromatic rings. The van der Waals surface area contributed by atoms with E-state index in [4.69, 9.17) is 34.8 Å². The number of carbonyl (C=O) groups is 1. The van der Waals surface area contributed by atoms with Crippen LogP contribution in [-0.4, -0.2) is 20.7 Å². The van der Waals surface area contributed by atoms with Crippen molar-refractivity contribution in [1.82, 2.24) is 9.55 Å². The van der Waals surface area contributed by atoms with Crippen LogP contribution in [0.4, 0.5) is 5.69 Å². The number of anilines is 1. The highest BCUT2D eigenvalue weighted by Gasteiger charge is 2.18. The lowest BCUT2D eigenvalue weighted by Gasteiger charge is -2.13. The summed E-state index contributed by atoms with van der Waals surface area (Å²) in [4.78, 5) is 16.5. The number of halogens is 3. The topological polar surface area (TPSA) is 46.9 Å². The quantitative estimate of drug-likeness (QED) is 0.589. The molecule has 2 rings (SSSR count). The molecular weight excluding hydrogens is 365 g/mol. The first-order chi connectivity index (χ1) is 10.4. The number of imidazole rings is 1. The summed E-state index contributed by atoms with van der Waals surface area (Å²) in [5.74, 6) is -0.184. The van der Waals surface area contributed by atoms with Gasteiger partial charge in [-0.25, -0.2) is 4.98 Å². The van der Waals surface area contributed by atoms with Crippen molar-refractivity contribution < 1.29 is 4.79 Å². The summed E-state index contributed by atoms with van der Waals surface area (Å²) in [6.07, 6.45) is 3.59. The van der Waals surface area contributed by atoms with E-state index in [2.05, 4.69) is 10.3 Å². The minimum atomic E-state index is -0.335. The van der Waals surface area contributed by atoms with Crippen LogP contribution in [0.3, 0.4) is 0 Å². The van der Waals surface area contributed by atoms with Gasteiger partial charge in [-0.15, -0.1) is 0 Å². The molecule has 1 heterocycles. The Morgan fingerprint density at radius 3 is 2.68 bits per heavy atom. The molecule has 22 heavy (non-hydrogen) atoms. The lowest BCUT2D eigenvalue weighted by atomic mass is 10.3. The smallest absolute Gasteiger partial charge is 0.237 e. The minimum Gasteiger partial charge on any atom is -0.326 e. The molecule has 1 aromatic carbocycles. The van der Waals surface area contributed by atoms with Gasteiger partial charge in [0.2, 0.25) is 5.91 Å². The second kappa shape index (κ2) is 7.59. The molecule has 0 aliphatic heterocycles. The monoisotopic (exact) mass is 377 g/mol. The summed E-state index contributed by atoms with van der Waals surface area (Å²) in [7, 11) is 0. The van der Waals surface area contributed by atoms with Crippen LogP contribution < -0.4 is 5.32 Å². The van der Waals surface area contributed by atoms with Gasteiger partial charge in [-0.1, -0.05) is 46.6 Å². The highest BCUT2D eigenvalue weighted by atomic mass is 35.5. The summed E-state index contributed by atoms with van der Waals surface area (Å²) in [6.45, 7) is 4.63. The van der Waals surface area contributed by atoms with E-state index >= 15 is 0 Å². The van der Waals surface area contributed by atoms with E-state index in [-0.39, 0.29) is 11.2 Å². The van der Waals surface area contributed by atoms with Crippen LogP contribution in [-0.2, 0) is 11.3 Å². The number of benzene rings is 1. The zero-order valence-corrected chi connectivity index (χ0v) is 15.0. The van der Waals surface area contributed by atoms with Gasteiger partial charge in [0.1, 0.15) is 0 Å². The number of amides is 1. The molecule has 0 bridgehead atoms. The van der Waals surface area contributed by atoms with E-state index in [1.54, 1.807) is 13.1 Å². The third-order valence-electron chi connectivity index (χ3n) is 2.94. The molecule has 1 amide bonds. The third-order valence-corrected chi connectivity index (χ3v) is 5.09. The normalized spacial score (nSPS) is 12.2. The third kappa shape index (κ3) is 4.10. The Bertz CT molecular complexity index is 690. The van der Waals surface area contributed by atoms with E-state index in [1.807, 2.05) is 17.7 Å². The van der Waals surface area contributed by atoms with Gasteiger partial charge in [0.25, 0.3) is 0 Å². The van der Waals surface area contributed by atoms with Crippen molar-refractivity contribution in [2.75, 3.05) is 5.32 Å². The van der Waals surface area contributed by atoms with Gasteiger partial charge in [-0.3, -0.25) is 4.79 Å². The van der Waals surface area contributed by atoms with Crippen molar-refractivity contribution >= 4 is 58.2 Å². The maximum Gasteiger partial charge on any atom is 0.237 e. The van der Waals surface area contributed by atoms with Crippen LogP contribution in [0.15, 0.2) is 29.7 Å². The number of carbonyl (C=O) groups excluding carboxylic acids is 1. The molecule has 0 saturated heterocycles. The minimum absolute atomic E-state index is 0.184. The van der Waals surface area contributed by atoms with Gasteiger partial charge in [0.15, 0.2) is 5.16 Å². The molecule has 1 unspecified atom stereocenters. The molecule has 0 saturated carbocycles. The number of aromatic nitrogens is 2. The van der Waals surface area contributed by atoms with E-state index in [9.17, 15) is 4.79 Å². The fraction of sp³-hybridized carbons (Fsp3) is 0.286. The summed E-state index contributed by atoms with van der Waals surface area (Å²) < 4.78 is 1.97. The van der Waals surface area contributed by atoms with Crippen molar-refractivity contribution in [2.45, 2.75) is 30.8 Å². The molecule has 1 N–H and O–H groups in total. The van der Waals surface area contributed by atoms with Crippen LogP contribution in [0.2, 0.25) is 15.1 Å². The predicted octanol–water partition coefficient (Wildman–Crippen LogP) is 4.98. The Balaban J connectivity index is 2.07. The standard InChI is InChI=1S/C14H14Cl3N3OS/c1-3-20-5-4-18-14(20)22-8(2)13(21)19-12-7-10(16)9(15)6-11(12)17/h4-8H,3H2,1-2H3,(H,19,21). The Kier molecular flexibility index (Phi) is 6.03. The first-order valence-corrected chi connectivity index (χ1v) is 8.57. The number of hydrogen-bond donors (Lipinski definition) is 1. The summed E-state index contributed by atoms with van der Waals surface area (Å²) in [5, 5.41) is 4.24. The average molecular weight is 379 g/mol. The molecule has 0 radical (unpaired) electrons. The Hall–Kier alpha value is -0.880. The summed E-state index contributed by atoms with van der Waals surface area (Å²) in [5.41, 5.74) is 0.437. The Morgan fingerprint density at radius 2 is 2.00 bits per heavy atom. The molecule has 8 heteroatoms. The van der Waals surface area contributed by atoms with Gasteiger partial charge in [0, 0.05) is 18.9 Å². The second-order valence-corrected chi connectivity index (χ2v) is 7.02. The predicted molar refractivity (Wildman–Crippen MR) is 93.3 cm³/mol. The molecule has 0 aliphatic carbocycles. The molecular formula is C14H14Cl3N3OS. The molecule has 0 spiro atoms. The fourth-order valence-electron chi connectivity index (χ4n) is 1.72. The van der Waals surface area contributed by atoms with Gasteiger partial charge in [0.05, 0.1) is 26.0 Å². The lowest BCUT2D eigenvalue weighted by molar-refractivity contribution is -0.115. The maximum absolute atomic E-state index is 12.3. The van der Waals surface area contributed by atoms with Gasteiger partial charge in [-0.2, -0.15) is 0 Å². The van der Waals surface area contributed by atoms with Crippen LogP contribution in [0.25, 0.3) is 0 Å². The van der Waals surface area contributed by atoms with Crippen molar-refractivity contribution in [2.24, 2.45) is 0 Å². The molecule has 1 atom stereocenters. The zero-order chi connectivity index (χ0) is 16.3. The zero-order valence-electron chi connectivity index (χ0n) is 11.9. The van der Waals surface area contributed by atoms with E-state index < -0.39 is 0 Å². The van der Waals surface area contributed by atoms with Crippen LogP contribution >= 0.6 is 46.6 Å². The van der Waals surface area contributed by atoms with Gasteiger partial charge < -0.3 is 9.88 Å². The van der Waals surface area contributed by atoms with E-state index in [0.717, 1.165) is 11.7 Å². The number of aryl methyl sites for hydroxylation is 1. The fourth-order valence-corrected chi connectivity index (χ4v) is 3.24. The van der Waals surface area contributed by atoms with Gasteiger partial charge in [-0.05, 0) is 26.0 Å². The highest BCUT2D eigenvalue weighted by Crippen LogP contribution is 2.33. The Morgan fingerprint density at radius 1 is 1.32 bits per heavy atom. The lowest BCUT2D eigenvalue weighted by Crippen LogP contribution is -2.23. The number of nitrogens with zero attached hydrogens (tertiary/aromatic N) is 2. The average Bonchev–Trinajstić information content (AvgIpc) is 2.91. The van der Waals surface area contributed by atoms with Gasteiger partial charge >= 0.3 is 0 Å². The van der Waals surface area contributed by atoms with Crippen molar-refractivity contribution in [3.8, 4) is 0 Å². The highest BCUT2D eigenvalue weighted by molar-refractivity contribution is 8.00. The van der Waals surface area contributed by atoms with Crippen LogP contribution in [0, 0.1) is 0 Å². The Labute approximate surface area is 148 Å². The van der Waals surface area contributed by atoms with Crippen molar-refractivity contribution in [3.05, 3.63) is 39.6 Å². The molecule has 118 valence electrons. The van der Waals surface area contributed by atoms with E-state index in [1.165, 1.54) is 23.9 Å². The van der Waals surface area contributed by atoms with Crippen LogP contribution in [0.1, 0.15) is 13.8 Å². The summed E-state index contributed by atoms with van der Waals surface area (Å²) >= 11 is 19.3. The number of hydrogen-bond acceptors (Lipinski definition) is 3. The second-order valence-electron chi connectivity index (χ2n) is 4.49. The summed E-state index contributed by atoms with van der Waals surface area (Å²) in [6, 6.07) is 3.04. The van der Waals surface area contributed by atoms with Crippen molar-refractivity contribution in [1.29, 1.82) is 0 Å². The molecule has 4 nitrogen and oxygen atoms in total. The molecule has 1 aromatic heterocycles. The van der Waals surface area contributed by atoms with Crippen molar-refractivity contribution in [3.63, 3.8) is 0 Å². The van der Waals surface area contributed by atoms with E-state index in [0.29, 0.717) is 20.8 Å². The SMILES string of the molecule is CCn1ccnc1SC(C)C(=O)Nc1cc(Cl)c(Cl)cc1Cl. The number of thioether (sulfide) groups is 1. The first-order valence-electron chi connectivity index (χ1n) is 6.55. The van der Waals surface area contributed by atoms with Crippen LogP contribution in [0.5, 0.6) is 0 Å². The maximum atomic E-state index is 12.3. The largest absolute Gasteiger partial charge is 0.326 e. The first kappa shape index (κ1) is 17.5. The number of rotatable bonds is 5.